The van der Waals surface area contributed by atoms with Gasteiger partial charge in [-0.25, -0.2) is 4.79 Å². The Hall–Kier alpha value is -2.24. The van der Waals surface area contributed by atoms with Crippen LogP contribution >= 0.6 is 0 Å². The molecular weight excluding hydrogens is 333 g/mol. The Bertz CT molecular complexity index is 761. The molecule has 3 aliphatic carbocycles. The lowest BCUT2D eigenvalue weighted by atomic mass is 9.74. The van der Waals surface area contributed by atoms with Gasteiger partial charge in [0.2, 0.25) is 0 Å². The van der Waals surface area contributed by atoms with Crippen LogP contribution in [0.4, 0.5) is 13.2 Å². The summed E-state index contributed by atoms with van der Waals surface area (Å²) in [6.45, 7) is 0. The lowest BCUT2D eigenvalue weighted by Gasteiger charge is -2.34. The minimum absolute atomic E-state index is 0.0801. The van der Waals surface area contributed by atoms with Gasteiger partial charge in [-0.3, -0.25) is 0 Å². The standard InChI is InChI=1S/C19H17F3O3/c20-19(21,22)11-4-6-12(7-5-11)25-16-3-1-2-10-8-15(18(23)24)13-9-14(13)17(10)16/h3-8,10,13-14,17H,1-2,9H2,(H,23,24). The van der Waals surface area contributed by atoms with E-state index < -0.39 is 17.7 Å². The van der Waals surface area contributed by atoms with E-state index in [0.717, 1.165) is 37.2 Å². The van der Waals surface area contributed by atoms with E-state index in [9.17, 15) is 23.1 Å². The van der Waals surface area contributed by atoms with Crippen molar-refractivity contribution in [3.63, 3.8) is 0 Å². The van der Waals surface area contributed by atoms with Gasteiger partial charge < -0.3 is 9.84 Å². The molecule has 1 saturated carbocycles. The summed E-state index contributed by atoms with van der Waals surface area (Å²) in [5, 5.41) is 9.31. The Morgan fingerprint density at radius 1 is 1.20 bits per heavy atom. The number of allylic oxidation sites excluding steroid dienone is 3. The summed E-state index contributed by atoms with van der Waals surface area (Å²) in [6, 6.07) is 4.69. The maximum atomic E-state index is 12.7. The maximum absolute atomic E-state index is 12.7. The van der Waals surface area contributed by atoms with Crippen molar-refractivity contribution in [1.82, 2.24) is 0 Å². The molecule has 0 heterocycles. The molecule has 0 radical (unpaired) electrons. The third kappa shape index (κ3) is 2.94. The highest BCUT2D eigenvalue weighted by Gasteiger charge is 2.54. The second-order valence-electron chi connectivity index (χ2n) is 6.93. The van der Waals surface area contributed by atoms with E-state index in [1.807, 2.05) is 12.2 Å². The van der Waals surface area contributed by atoms with Crippen LogP contribution in [0.3, 0.4) is 0 Å². The summed E-state index contributed by atoms with van der Waals surface area (Å²) >= 11 is 0. The summed E-state index contributed by atoms with van der Waals surface area (Å²) in [6.07, 6.45) is 1.99. The van der Waals surface area contributed by atoms with Crippen molar-refractivity contribution >= 4 is 5.97 Å². The van der Waals surface area contributed by atoms with E-state index in [-0.39, 0.29) is 23.7 Å². The van der Waals surface area contributed by atoms with E-state index in [2.05, 4.69) is 0 Å². The summed E-state index contributed by atoms with van der Waals surface area (Å²) in [4.78, 5) is 11.3. The second kappa shape index (κ2) is 5.64. The first-order valence-electron chi connectivity index (χ1n) is 8.35. The van der Waals surface area contributed by atoms with Gasteiger partial charge in [0.05, 0.1) is 5.56 Å². The summed E-state index contributed by atoms with van der Waals surface area (Å²) in [5.41, 5.74) is -0.189. The van der Waals surface area contributed by atoms with Crippen LogP contribution in [-0.2, 0) is 11.0 Å². The molecule has 0 spiro atoms. The Kier molecular flexibility index (Phi) is 3.67. The molecule has 132 valence electrons. The van der Waals surface area contributed by atoms with Crippen molar-refractivity contribution in [2.75, 3.05) is 0 Å². The highest BCUT2D eigenvalue weighted by atomic mass is 19.4. The first-order valence-corrected chi connectivity index (χ1v) is 8.35. The molecule has 0 bridgehead atoms. The van der Waals surface area contributed by atoms with Gasteiger partial charge in [-0.2, -0.15) is 13.2 Å². The quantitative estimate of drug-likeness (QED) is 0.863. The van der Waals surface area contributed by atoms with Crippen molar-refractivity contribution in [1.29, 1.82) is 0 Å². The number of carboxylic acid groups (broad SMARTS) is 1. The molecule has 1 aromatic rings. The highest BCUT2D eigenvalue weighted by molar-refractivity contribution is 5.88. The molecule has 0 saturated heterocycles. The zero-order chi connectivity index (χ0) is 17.8. The van der Waals surface area contributed by atoms with Crippen molar-refractivity contribution < 1.29 is 27.8 Å². The van der Waals surface area contributed by atoms with Gasteiger partial charge in [0.1, 0.15) is 11.5 Å². The van der Waals surface area contributed by atoms with E-state index in [0.29, 0.717) is 11.3 Å². The smallest absolute Gasteiger partial charge is 0.416 e. The van der Waals surface area contributed by atoms with Gasteiger partial charge in [-0.05, 0) is 67.4 Å². The van der Waals surface area contributed by atoms with Gasteiger partial charge in [0.25, 0.3) is 0 Å². The topological polar surface area (TPSA) is 46.5 Å². The monoisotopic (exact) mass is 350 g/mol. The van der Waals surface area contributed by atoms with Crippen molar-refractivity contribution in [2.45, 2.75) is 25.4 Å². The van der Waals surface area contributed by atoms with Crippen molar-refractivity contribution in [2.24, 2.45) is 23.7 Å². The van der Waals surface area contributed by atoms with E-state index in [1.54, 1.807) is 0 Å². The molecule has 3 nitrogen and oxygen atoms in total. The molecule has 1 aromatic carbocycles. The van der Waals surface area contributed by atoms with Crippen LogP contribution in [-0.4, -0.2) is 11.1 Å². The molecule has 3 aliphatic rings. The fourth-order valence-corrected chi connectivity index (χ4v) is 4.17. The van der Waals surface area contributed by atoms with Crippen LogP contribution in [0.5, 0.6) is 5.75 Å². The molecule has 0 aliphatic heterocycles. The van der Waals surface area contributed by atoms with Gasteiger partial charge in [-0.15, -0.1) is 0 Å². The zero-order valence-electron chi connectivity index (χ0n) is 13.3. The largest absolute Gasteiger partial charge is 0.478 e. The van der Waals surface area contributed by atoms with E-state index >= 15 is 0 Å². The fraction of sp³-hybridized carbons (Fsp3) is 0.421. The third-order valence-electron chi connectivity index (χ3n) is 5.39. The number of ether oxygens (including phenoxy) is 1. The molecular formula is C19H17F3O3. The van der Waals surface area contributed by atoms with Crippen molar-refractivity contribution in [3.05, 3.63) is 53.3 Å². The Labute approximate surface area is 142 Å². The van der Waals surface area contributed by atoms with Crippen LogP contribution in [0.25, 0.3) is 0 Å². The summed E-state index contributed by atoms with van der Waals surface area (Å²) in [5.74, 6) is 0.909. The molecule has 4 rings (SSSR count). The normalized spacial score (nSPS) is 30.5. The first kappa shape index (κ1) is 16.2. The van der Waals surface area contributed by atoms with Crippen LogP contribution < -0.4 is 4.74 Å². The number of alkyl halides is 3. The number of hydrogen-bond donors (Lipinski definition) is 1. The molecule has 6 heteroatoms. The van der Waals surface area contributed by atoms with Gasteiger partial charge in [0.15, 0.2) is 0 Å². The number of halogens is 3. The first-order chi connectivity index (χ1) is 11.8. The summed E-state index contributed by atoms with van der Waals surface area (Å²) in [7, 11) is 0. The van der Waals surface area contributed by atoms with E-state index in [4.69, 9.17) is 4.74 Å². The van der Waals surface area contributed by atoms with E-state index in [1.165, 1.54) is 12.1 Å². The molecule has 1 N–H and O–H groups in total. The number of carboxylic acids is 1. The molecule has 0 aromatic heterocycles. The highest BCUT2D eigenvalue weighted by Crippen LogP contribution is 2.59. The molecule has 25 heavy (non-hydrogen) atoms. The minimum Gasteiger partial charge on any atom is -0.478 e. The van der Waals surface area contributed by atoms with Gasteiger partial charge in [-0.1, -0.05) is 6.08 Å². The zero-order valence-corrected chi connectivity index (χ0v) is 13.3. The predicted molar refractivity (Wildman–Crippen MR) is 83.7 cm³/mol. The Morgan fingerprint density at radius 2 is 1.92 bits per heavy atom. The number of fused-ring (bicyclic) bond motifs is 3. The third-order valence-corrected chi connectivity index (χ3v) is 5.39. The number of hydrogen-bond acceptors (Lipinski definition) is 2. The Morgan fingerprint density at radius 3 is 2.56 bits per heavy atom. The number of carbonyl (C=O) groups is 1. The predicted octanol–water partition coefficient (Wildman–Crippen LogP) is 4.66. The minimum atomic E-state index is -4.36. The molecule has 0 amide bonds. The maximum Gasteiger partial charge on any atom is 0.416 e. The molecule has 1 fully saturated rings. The summed E-state index contributed by atoms with van der Waals surface area (Å²) < 4.78 is 43.9. The van der Waals surface area contributed by atoms with Gasteiger partial charge >= 0.3 is 12.1 Å². The average Bonchev–Trinajstić information content (AvgIpc) is 3.34. The van der Waals surface area contributed by atoms with Crippen LogP contribution in [0.2, 0.25) is 0 Å². The van der Waals surface area contributed by atoms with Crippen LogP contribution in [0.15, 0.2) is 47.7 Å². The lowest BCUT2D eigenvalue weighted by Crippen LogP contribution is -2.29. The average molecular weight is 350 g/mol. The number of benzene rings is 1. The van der Waals surface area contributed by atoms with Crippen molar-refractivity contribution in [3.8, 4) is 5.75 Å². The SMILES string of the molecule is O=C(O)C1=CC2CCC=C(Oc3ccc(C(F)(F)F)cc3)C2C2CC12. The molecule has 4 atom stereocenters. The fourth-order valence-electron chi connectivity index (χ4n) is 4.17. The second-order valence-corrected chi connectivity index (χ2v) is 6.93. The number of aliphatic carboxylic acids is 1. The number of rotatable bonds is 3. The lowest BCUT2D eigenvalue weighted by molar-refractivity contribution is -0.137. The molecule has 4 unspecified atom stereocenters. The van der Waals surface area contributed by atoms with Crippen LogP contribution in [0.1, 0.15) is 24.8 Å². The van der Waals surface area contributed by atoms with Crippen LogP contribution in [0, 0.1) is 23.7 Å². The Balaban J connectivity index is 1.54. The van der Waals surface area contributed by atoms with Gasteiger partial charge in [0, 0.05) is 11.5 Å².